The number of nitrogens with zero attached hydrogens (tertiary/aromatic N) is 1. The molecule has 0 heterocycles. The van der Waals surface area contributed by atoms with Gasteiger partial charge in [-0.05, 0) is 58.9 Å². The lowest BCUT2D eigenvalue weighted by molar-refractivity contribution is 0.0981. The van der Waals surface area contributed by atoms with E-state index in [9.17, 15) is 18.0 Å². The molecule has 4 rings (SSSR count). The molecule has 8 heteroatoms. The molecule has 0 spiro atoms. The van der Waals surface area contributed by atoms with Gasteiger partial charge in [-0.2, -0.15) is 0 Å². The first-order valence-corrected chi connectivity index (χ1v) is 15.9. The number of para-hydroxylation sites is 1. The van der Waals surface area contributed by atoms with E-state index in [2.05, 4.69) is 37.7 Å². The van der Waals surface area contributed by atoms with Gasteiger partial charge in [-0.15, -0.1) is 0 Å². The van der Waals surface area contributed by atoms with Crippen LogP contribution in [-0.2, 0) is 22.0 Å². The van der Waals surface area contributed by atoms with Crippen molar-refractivity contribution in [2.45, 2.75) is 57.4 Å². The van der Waals surface area contributed by atoms with Crippen molar-refractivity contribution in [1.29, 1.82) is 0 Å². The van der Waals surface area contributed by atoms with Crippen molar-refractivity contribution in [3.63, 3.8) is 0 Å². The van der Waals surface area contributed by atoms with Crippen LogP contribution in [0.15, 0.2) is 108 Å². The smallest absolute Gasteiger partial charge is 0.320 e. The summed E-state index contributed by atoms with van der Waals surface area (Å²) >= 11 is 0. The summed E-state index contributed by atoms with van der Waals surface area (Å²) in [6, 6.07) is 30.2. The number of hydrogen-bond acceptors (Lipinski definition) is 4. The van der Waals surface area contributed by atoms with Crippen LogP contribution in [-0.4, -0.2) is 31.8 Å². The molecule has 0 aliphatic heterocycles. The monoisotopic (exact) mass is 597 g/mol. The first-order valence-electron chi connectivity index (χ1n) is 14.4. The molecule has 0 saturated heterocycles. The van der Waals surface area contributed by atoms with Gasteiger partial charge < -0.3 is 10.2 Å². The number of carbonyl (C=O) groups is 2. The minimum Gasteiger partial charge on any atom is -0.320 e. The van der Waals surface area contributed by atoms with E-state index in [0.29, 0.717) is 24.2 Å². The van der Waals surface area contributed by atoms with Crippen molar-refractivity contribution < 1.29 is 18.0 Å². The number of sulfonamides is 1. The lowest BCUT2D eigenvalue weighted by Crippen LogP contribution is -2.35. The highest BCUT2D eigenvalue weighted by atomic mass is 32.2. The highest BCUT2D eigenvalue weighted by Gasteiger charge is 2.23. The normalized spacial score (nSPS) is 11.5. The average molecular weight is 598 g/mol. The van der Waals surface area contributed by atoms with E-state index >= 15 is 0 Å². The standard InChI is InChI=1S/C35H39N3O4S/c1-5-6-24-38(34(40)36-30-12-8-7-9-13-30)25-26-16-18-27(19-17-26)31-14-10-11-15-32(31)43(41,42)37-33(39)28-20-22-29(23-21-28)35(2,3)4/h7-23H,5-6,24-25H2,1-4H3,(H,36,40)(H,37,39). The Kier molecular flexibility index (Phi) is 10.0. The topological polar surface area (TPSA) is 95.6 Å². The molecule has 3 amide bonds. The number of nitrogens with one attached hydrogen (secondary N) is 2. The van der Waals surface area contributed by atoms with Crippen LogP contribution in [0.25, 0.3) is 11.1 Å². The minimum atomic E-state index is -4.17. The number of unbranched alkanes of at least 4 members (excludes halogenated alkanes) is 1. The highest BCUT2D eigenvalue weighted by molar-refractivity contribution is 7.90. The number of hydrogen-bond donors (Lipinski definition) is 2. The van der Waals surface area contributed by atoms with Crippen LogP contribution >= 0.6 is 0 Å². The van der Waals surface area contributed by atoms with Crippen molar-refractivity contribution in [2.75, 3.05) is 11.9 Å². The summed E-state index contributed by atoms with van der Waals surface area (Å²) in [5.74, 6) is -0.688. The van der Waals surface area contributed by atoms with Crippen molar-refractivity contribution >= 4 is 27.6 Å². The van der Waals surface area contributed by atoms with Crippen LogP contribution in [0.4, 0.5) is 10.5 Å². The molecule has 43 heavy (non-hydrogen) atoms. The van der Waals surface area contributed by atoms with E-state index in [0.717, 1.165) is 29.7 Å². The second kappa shape index (κ2) is 13.7. The van der Waals surface area contributed by atoms with Crippen LogP contribution in [0.3, 0.4) is 0 Å². The predicted octanol–water partition coefficient (Wildman–Crippen LogP) is 7.60. The molecule has 0 aliphatic rings. The van der Waals surface area contributed by atoms with Crippen molar-refractivity contribution in [3.8, 4) is 11.1 Å². The molecule has 2 N–H and O–H groups in total. The maximum atomic E-state index is 13.4. The van der Waals surface area contributed by atoms with E-state index in [4.69, 9.17) is 0 Å². The minimum absolute atomic E-state index is 0.00854. The molecule has 7 nitrogen and oxygen atoms in total. The summed E-state index contributed by atoms with van der Waals surface area (Å²) in [5, 5.41) is 2.95. The Balaban J connectivity index is 1.51. The lowest BCUT2D eigenvalue weighted by Gasteiger charge is -2.23. The van der Waals surface area contributed by atoms with Gasteiger partial charge in [0.25, 0.3) is 15.9 Å². The van der Waals surface area contributed by atoms with Crippen molar-refractivity contribution in [3.05, 3.63) is 120 Å². The maximum Gasteiger partial charge on any atom is 0.322 e. The summed E-state index contributed by atoms with van der Waals surface area (Å²) in [5.41, 5.74) is 4.03. The number of benzene rings is 4. The first kappa shape index (κ1) is 31.5. The van der Waals surface area contributed by atoms with Gasteiger partial charge in [0.2, 0.25) is 0 Å². The Labute approximate surface area is 255 Å². The Morgan fingerprint density at radius 1 is 0.791 bits per heavy atom. The molecule has 0 unspecified atom stereocenters. The van der Waals surface area contributed by atoms with Gasteiger partial charge >= 0.3 is 6.03 Å². The van der Waals surface area contributed by atoms with E-state index in [1.54, 1.807) is 35.2 Å². The number of carbonyl (C=O) groups excluding carboxylic acids is 2. The van der Waals surface area contributed by atoms with Crippen LogP contribution in [0.2, 0.25) is 0 Å². The first-order chi connectivity index (χ1) is 20.5. The number of rotatable bonds is 10. The quantitative estimate of drug-likeness (QED) is 0.197. The molecule has 4 aromatic carbocycles. The molecule has 0 atom stereocenters. The third kappa shape index (κ3) is 8.32. The SMILES string of the molecule is CCCCN(Cc1ccc(-c2ccccc2S(=O)(=O)NC(=O)c2ccc(C(C)(C)C)cc2)cc1)C(=O)Nc1ccccc1. The lowest BCUT2D eigenvalue weighted by atomic mass is 9.87. The molecule has 0 bridgehead atoms. The van der Waals surface area contributed by atoms with E-state index in [1.807, 2.05) is 66.7 Å². The third-order valence-corrected chi connectivity index (χ3v) is 8.54. The molecule has 224 valence electrons. The molecule has 0 aromatic heterocycles. The molecule has 4 aromatic rings. The van der Waals surface area contributed by atoms with Crippen LogP contribution in [0.1, 0.15) is 62.0 Å². The van der Waals surface area contributed by atoms with Gasteiger partial charge in [0, 0.05) is 29.9 Å². The summed E-state index contributed by atoms with van der Waals surface area (Å²) in [6.07, 6.45) is 1.83. The van der Waals surface area contributed by atoms with Gasteiger partial charge in [-0.3, -0.25) is 4.79 Å². The fraction of sp³-hybridized carbons (Fsp3) is 0.257. The Hall–Kier alpha value is -4.43. The van der Waals surface area contributed by atoms with E-state index < -0.39 is 15.9 Å². The zero-order valence-corrected chi connectivity index (χ0v) is 25.9. The molecule has 0 aliphatic carbocycles. The maximum absolute atomic E-state index is 13.4. The fourth-order valence-corrected chi connectivity index (χ4v) is 5.84. The van der Waals surface area contributed by atoms with Gasteiger partial charge in [0.15, 0.2) is 0 Å². The Bertz CT molecular complexity index is 1640. The zero-order valence-electron chi connectivity index (χ0n) is 25.1. The molecular formula is C35H39N3O4S. The fourth-order valence-electron chi connectivity index (χ4n) is 4.63. The number of urea groups is 1. The van der Waals surface area contributed by atoms with Gasteiger partial charge in [0.1, 0.15) is 0 Å². The van der Waals surface area contributed by atoms with Crippen LogP contribution in [0.5, 0.6) is 0 Å². The Morgan fingerprint density at radius 3 is 2.05 bits per heavy atom. The van der Waals surface area contributed by atoms with Crippen LogP contribution in [0, 0.1) is 0 Å². The van der Waals surface area contributed by atoms with Gasteiger partial charge in [0.05, 0.1) is 4.90 Å². The average Bonchev–Trinajstić information content (AvgIpc) is 2.99. The second-order valence-corrected chi connectivity index (χ2v) is 13.2. The van der Waals surface area contributed by atoms with E-state index in [1.165, 1.54) is 6.07 Å². The largest absolute Gasteiger partial charge is 0.322 e. The molecule has 0 saturated carbocycles. The number of anilines is 1. The van der Waals surface area contributed by atoms with Crippen LogP contribution < -0.4 is 10.0 Å². The highest BCUT2D eigenvalue weighted by Crippen LogP contribution is 2.28. The van der Waals surface area contributed by atoms with E-state index in [-0.39, 0.29) is 21.9 Å². The predicted molar refractivity (Wildman–Crippen MR) is 172 cm³/mol. The second-order valence-electron chi connectivity index (χ2n) is 11.5. The van der Waals surface area contributed by atoms with Gasteiger partial charge in [-0.25, -0.2) is 17.9 Å². The zero-order chi connectivity index (χ0) is 31.0. The van der Waals surface area contributed by atoms with Gasteiger partial charge in [-0.1, -0.05) is 107 Å². The van der Waals surface area contributed by atoms with Crippen molar-refractivity contribution in [1.82, 2.24) is 9.62 Å². The number of amides is 3. The third-order valence-electron chi connectivity index (χ3n) is 7.15. The summed E-state index contributed by atoms with van der Waals surface area (Å²) in [6.45, 7) is 9.31. The molecule has 0 fully saturated rings. The molecular weight excluding hydrogens is 558 g/mol. The summed E-state index contributed by atoms with van der Waals surface area (Å²) in [4.78, 5) is 27.7. The molecule has 0 radical (unpaired) electrons. The van der Waals surface area contributed by atoms with Crippen molar-refractivity contribution in [2.24, 2.45) is 0 Å². The Morgan fingerprint density at radius 2 is 1.42 bits per heavy atom. The summed E-state index contributed by atoms with van der Waals surface area (Å²) in [7, 11) is -4.17. The summed E-state index contributed by atoms with van der Waals surface area (Å²) < 4.78 is 29.0.